The predicted octanol–water partition coefficient (Wildman–Crippen LogP) is 3.44. The highest BCUT2D eigenvalue weighted by molar-refractivity contribution is 5.59. The summed E-state index contributed by atoms with van der Waals surface area (Å²) in [4.78, 5) is 11.6. The molecule has 5 rings (SSSR count). The third-order valence-electron chi connectivity index (χ3n) is 5.97. The summed E-state index contributed by atoms with van der Waals surface area (Å²) in [6, 6.07) is 10.0. The van der Waals surface area contributed by atoms with Gasteiger partial charge in [0.15, 0.2) is 0 Å². The molecule has 0 spiro atoms. The Labute approximate surface area is 159 Å². The Kier molecular flexibility index (Phi) is 4.17. The zero-order valence-corrected chi connectivity index (χ0v) is 15.3. The predicted molar refractivity (Wildman–Crippen MR) is 103 cm³/mol. The Hall–Kier alpha value is -2.65. The molecular formula is C21H23N5O. The van der Waals surface area contributed by atoms with Crippen molar-refractivity contribution in [3.8, 4) is 6.07 Å². The van der Waals surface area contributed by atoms with E-state index in [9.17, 15) is 0 Å². The lowest BCUT2D eigenvalue weighted by Crippen LogP contribution is -2.24. The van der Waals surface area contributed by atoms with E-state index in [0.717, 1.165) is 62.6 Å². The number of aromatic nitrogens is 2. The van der Waals surface area contributed by atoms with Crippen LogP contribution >= 0.6 is 0 Å². The first-order valence-electron chi connectivity index (χ1n) is 9.76. The molecule has 138 valence electrons. The molecule has 2 saturated heterocycles. The zero-order valence-electron chi connectivity index (χ0n) is 15.3. The number of nitriles is 1. The topological polar surface area (TPSA) is 74.1 Å². The second-order valence-electron chi connectivity index (χ2n) is 7.86. The van der Waals surface area contributed by atoms with Crippen molar-refractivity contribution in [2.75, 3.05) is 36.5 Å². The fourth-order valence-electron chi connectivity index (χ4n) is 4.31. The third kappa shape index (κ3) is 3.47. The zero-order chi connectivity index (χ0) is 18.2. The molecule has 27 heavy (non-hydrogen) atoms. The van der Waals surface area contributed by atoms with E-state index < -0.39 is 0 Å². The van der Waals surface area contributed by atoms with Crippen LogP contribution in [-0.2, 0) is 4.74 Å². The van der Waals surface area contributed by atoms with Gasteiger partial charge in [0.2, 0.25) is 0 Å². The lowest BCUT2D eigenvalue weighted by Gasteiger charge is -2.26. The van der Waals surface area contributed by atoms with Gasteiger partial charge in [-0.2, -0.15) is 5.26 Å². The minimum atomic E-state index is 0.511. The number of piperidine rings is 1. The number of nitrogens with zero attached hydrogens (tertiary/aromatic N) is 4. The van der Waals surface area contributed by atoms with Crippen LogP contribution in [-0.4, -0.2) is 36.3 Å². The number of anilines is 3. The Morgan fingerprint density at radius 2 is 1.93 bits per heavy atom. The van der Waals surface area contributed by atoms with Crippen LogP contribution in [0.4, 0.5) is 17.5 Å². The smallest absolute Gasteiger partial charge is 0.134 e. The molecule has 2 aromatic heterocycles. The van der Waals surface area contributed by atoms with Crippen LogP contribution in [0.1, 0.15) is 36.3 Å². The van der Waals surface area contributed by atoms with Crippen molar-refractivity contribution >= 4 is 17.5 Å². The normalized spacial score (nSPS) is 24.3. The Morgan fingerprint density at radius 1 is 1.11 bits per heavy atom. The Morgan fingerprint density at radius 3 is 2.70 bits per heavy atom. The third-order valence-corrected chi connectivity index (χ3v) is 5.97. The summed E-state index contributed by atoms with van der Waals surface area (Å²) < 4.78 is 5.54. The summed E-state index contributed by atoms with van der Waals surface area (Å²) in [6.07, 6.45) is 5.14. The minimum Gasteiger partial charge on any atom is -0.381 e. The van der Waals surface area contributed by atoms with Crippen LogP contribution < -0.4 is 10.2 Å². The van der Waals surface area contributed by atoms with Crippen molar-refractivity contribution in [2.45, 2.75) is 25.2 Å². The number of fused-ring (bicyclic) bond motifs is 1. The lowest BCUT2D eigenvalue weighted by atomic mass is 9.92. The van der Waals surface area contributed by atoms with E-state index in [2.05, 4.69) is 33.4 Å². The highest BCUT2D eigenvalue weighted by atomic mass is 16.5. The maximum Gasteiger partial charge on any atom is 0.134 e. The standard InChI is InChI=1S/C21H23N5O/c22-11-14-1-4-23-19(7-14)24-20-9-16(15-2-5-27-6-3-15)10-21(25-20)26-12-17-8-18(17)13-26/h1,4,7,9-10,15,17-18H,2-3,5-6,8,12-13H2,(H,23,24,25). The number of nitrogens with one attached hydrogen (secondary N) is 1. The molecule has 0 aromatic carbocycles. The van der Waals surface area contributed by atoms with Crippen molar-refractivity contribution in [3.05, 3.63) is 41.6 Å². The summed E-state index contributed by atoms with van der Waals surface area (Å²) in [5, 5.41) is 12.4. The average molecular weight is 361 g/mol. The fraction of sp³-hybridized carbons (Fsp3) is 0.476. The van der Waals surface area contributed by atoms with Crippen LogP contribution in [0.3, 0.4) is 0 Å². The van der Waals surface area contributed by atoms with E-state index in [1.54, 1.807) is 18.3 Å². The van der Waals surface area contributed by atoms with Gasteiger partial charge in [-0.3, -0.25) is 0 Å². The number of pyridine rings is 2. The molecular weight excluding hydrogens is 338 g/mol. The summed E-state index contributed by atoms with van der Waals surface area (Å²) in [5.74, 6) is 4.76. The highest BCUT2D eigenvalue weighted by Crippen LogP contribution is 2.46. The molecule has 1 aliphatic carbocycles. The number of ether oxygens (including phenoxy) is 1. The SMILES string of the molecule is N#Cc1ccnc(Nc2cc(C3CCOCC3)cc(N3CC4CC4C3)n2)c1. The van der Waals surface area contributed by atoms with E-state index in [4.69, 9.17) is 15.0 Å². The molecule has 1 N–H and O–H groups in total. The molecule has 3 aliphatic rings. The van der Waals surface area contributed by atoms with Gasteiger partial charge in [0.1, 0.15) is 17.5 Å². The summed E-state index contributed by atoms with van der Waals surface area (Å²) in [6.45, 7) is 3.89. The van der Waals surface area contributed by atoms with Gasteiger partial charge in [0.05, 0.1) is 11.6 Å². The quantitative estimate of drug-likeness (QED) is 0.899. The van der Waals surface area contributed by atoms with Gasteiger partial charge in [0.25, 0.3) is 0 Å². The minimum absolute atomic E-state index is 0.511. The van der Waals surface area contributed by atoms with Gasteiger partial charge >= 0.3 is 0 Å². The van der Waals surface area contributed by atoms with Crippen molar-refractivity contribution in [2.24, 2.45) is 11.8 Å². The van der Waals surface area contributed by atoms with E-state index in [-0.39, 0.29) is 0 Å². The summed E-state index contributed by atoms with van der Waals surface area (Å²) in [5.41, 5.74) is 1.91. The number of hydrogen-bond donors (Lipinski definition) is 1. The van der Waals surface area contributed by atoms with Gasteiger partial charge in [-0.05, 0) is 66.8 Å². The summed E-state index contributed by atoms with van der Waals surface area (Å²) in [7, 11) is 0. The van der Waals surface area contributed by atoms with Crippen molar-refractivity contribution in [1.82, 2.24) is 9.97 Å². The largest absolute Gasteiger partial charge is 0.381 e. The van der Waals surface area contributed by atoms with E-state index >= 15 is 0 Å². The molecule has 3 fully saturated rings. The van der Waals surface area contributed by atoms with Crippen molar-refractivity contribution in [3.63, 3.8) is 0 Å². The molecule has 2 unspecified atom stereocenters. The summed E-state index contributed by atoms with van der Waals surface area (Å²) >= 11 is 0. The van der Waals surface area contributed by atoms with Crippen LogP contribution in [0.15, 0.2) is 30.5 Å². The van der Waals surface area contributed by atoms with E-state index in [1.807, 2.05) is 0 Å². The van der Waals surface area contributed by atoms with E-state index in [0.29, 0.717) is 17.3 Å². The van der Waals surface area contributed by atoms with Crippen LogP contribution in [0.25, 0.3) is 0 Å². The van der Waals surface area contributed by atoms with E-state index in [1.165, 1.54) is 12.0 Å². The average Bonchev–Trinajstić information content (AvgIpc) is 3.33. The maximum absolute atomic E-state index is 9.12. The first-order chi connectivity index (χ1) is 13.3. The maximum atomic E-state index is 9.12. The Balaban J connectivity index is 1.46. The second-order valence-corrected chi connectivity index (χ2v) is 7.86. The monoisotopic (exact) mass is 361 g/mol. The van der Waals surface area contributed by atoms with Crippen LogP contribution in [0.2, 0.25) is 0 Å². The molecule has 6 nitrogen and oxygen atoms in total. The molecule has 4 heterocycles. The van der Waals surface area contributed by atoms with Gasteiger partial charge in [-0.25, -0.2) is 9.97 Å². The molecule has 0 amide bonds. The molecule has 2 atom stereocenters. The first-order valence-corrected chi connectivity index (χ1v) is 9.76. The molecule has 2 aromatic rings. The molecule has 1 saturated carbocycles. The number of hydrogen-bond acceptors (Lipinski definition) is 6. The van der Waals surface area contributed by atoms with Crippen LogP contribution in [0, 0.1) is 23.2 Å². The van der Waals surface area contributed by atoms with Gasteiger partial charge < -0.3 is 15.0 Å². The van der Waals surface area contributed by atoms with Gasteiger partial charge in [0, 0.05) is 32.5 Å². The fourth-order valence-corrected chi connectivity index (χ4v) is 4.31. The van der Waals surface area contributed by atoms with Gasteiger partial charge in [-0.15, -0.1) is 0 Å². The highest BCUT2D eigenvalue weighted by Gasteiger charge is 2.45. The van der Waals surface area contributed by atoms with Gasteiger partial charge in [-0.1, -0.05) is 0 Å². The molecule has 0 bridgehead atoms. The Bertz CT molecular complexity index is 856. The lowest BCUT2D eigenvalue weighted by molar-refractivity contribution is 0.0853. The van der Waals surface area contributed by atoms with Crippen molar-refractivity contribution < 1.29 is 4.74 Å². The number of rotatable bonds is 4. The second kappa shape index (κ2) is 6.82. The molecule has 6 heteroatoms. The van der Waals surface area contributed by atoms with Crippen LogP contribution in [0.5, 0.6) is 0 Å². The first kappa shape index (κ1) is 16.5. The molecule has 2 aliphatic heterocycles. The molecule has 0 radical (unpaired) electrons. The van der Waals surface area contributed by atoms with Crippen molar-refractivity contribution in [1.29, 1.82) is 5.26 Å².